The molecule has 1 saturated heterocycles. The Labute approximate surface area is 163 Å². The molecule has 1 fully saturated rings. The molecule has 2 amide bonds. The van der Waals surface area contributed by atoms with Crippen molar-refractivity contribution in [1.29, 1.82) is 0 Å². The number of likely N-dealkylation sites (tertiary alicyclic amines) is 1. The van der Waals surface area contributed by atoms with Crippen molar-refractivity contribution in [2.75, 3.05) is 32.8 Å². The van der Waals surface area contributed by atoms with E-state index in [9.17, 15) is 22.8 Å². The van der Waals surface area contributed by atoms with Gasteiger partial charge in [-0.15, -0.1) is 0 Å². The fourth-order valence-corrected chi connectivity index (χ4v) is 3.22. The Morgan fingerprint density at radius 2 is 1.82 bits per heavy atom. The highest BCUT2D eigenvalue weighted by Crippen LogP contribution is 2.23. The summed E-state index contributed by atoms with van der Waals surface area (Å²) in [4.78, 5) is 27.4. The van der Waals surface area contributed by atoms with Crippen LogP contribution in [0.4, 0.5) is 13.2 Å². The highest BCUT2D eigenvalue weighted by molar-refractivity contribution is 5.80. The van der Waals surface area contributed by atoms with E-state index in [1.807, 2.05) is 25.1 Å². The summed E-state index contributed by atoms with van der Waals surface area (Å²) in [5.74, 6) is -0.524. The largest absolute Gasteiger partial charge is 0.484 e. The molecule has 0 spiro atoms. The lowest BCUT2D eigenvalue weighted by atomic mass is 9.95. The SMILES string of the molecule is CCCCN(CC(F)(F)F)C(=O)C1CCN(C(=O)COc2ccccc2)CC1. The molecule has 0 N–H and O–H groups in total. The molecule has 2 rings (SSSR count). The zero-order chi connectivity index (χ0) is 20.6. The third-order valence-electron chi connectivity index (χ3n) is 4.77. The Balaban J connectivity index is 1.83. The molecule has 5 nitrogen and oxygen atoms in total. The van der Waals surface area contributed by atoms with E-state index in [2.05, 4.69) is 0 Å². The highest BCUT2D eigenvalue weighted by atomic mass is 19.4. The Kier molecular flexibility index (Phi) is 8.14. The van der Waals surface area contributed by atoms with Crippen LogP contribution in [0.1, 0.15) is 32.6 Å². The van der Waals surface area contributed by atoms with Crippen LogP contribution in [0.2, 0.25) is 0 Å². The van der Waals surface area contributed by atoms with E-state index in [0.29, 0.717) is 38.1 Å². The normalized spacial score (nSPS) is 15.4. The molecule has 156 valence electrons. The van der Waals surface area contributed by atoms with Gasteiger partial charge in [-0.3, -0.25) is 9.59 Å². The van der Waals surface area contributed by atoms with Gasteiger partial charge in [0.25, 0.3) is 5.91 Å². The number of rotatable bonds is 8. The Bertz CT molecular complexity index is 629. The highest BCUT2D eigenvalue weighted by Gasteiger charge is 2.36. The number of carbonyl (C=O) groups excluding carboxylic acids is 2. The van der Waals surface area contributed by atoms with Crippen molar-refractivity contribution < 1.29 is 27.5 Å². The standard InChI is InChI=1S/C20H27F3N2O3/c1-2-3-11-25(15-20(21,22)23)19(27)16-9-12-24(13-10-16)18(26)14-28-17-7-5-4-6-8-17/h4-8,16H,2-3,9-15H2,1H3. The van der Waals surface area contributed by atoms with Crippen molar-refractivity contribution in [3.8, 4) is 5.75 Å². The summed E-state index contributed by atoms with van der Waals surface area (Å²) in [5, 5.41) is 0. The minimum absolute atomic E-state index is 0.0979. The smallest absolute Gasteiger partial charge is 0.406 e. The molecule has 1 aromatic rings. The van der Waals surface area contributed by atoms with E-state index >= 15 is 0 Å². The van der Waals surface area contributed by atoms with Crippen LogP contribution in [0.25, 0.3) is 0 Å². The average Bonchev–Trinajstić information content (AvgIpc) is 2.69. The number of nitrogens with zero attached hydrogens (tertiary/aromatic N) is 2. The van der Waals surface area contributed by atoms with Crippen molar-refractivity contribution in [3.63, 3.8) is 0 Å². The van der Waals surface area contributed by atoms with E-state index in [-0.39, 0.29) is 19.1 Å². The van der Waals surface area contributed by atoms with Gasteiger partial charge in [0.05, 0.1) is 0 Å². The zero-order valence-corrected chi connectivity index (χ0v) is 16.1. The Morgan fingerprint density at radius 1 is 1.18 bits per heavy atom. The Hall–Kier alpha value is -2.25. The summed E-state index contributed by atoms with van der Waals surface area (Å²) >= 11 is 0. The summed E-state index contributed by atoms with van der Waals surface area (Å²) in [7, 11) is 0. The molecule has 1 aromatic carbocycles. The lowest BCUT2D eigenvalue weighted by Gasteiger charge is -2.34. The number of hydrogen-bond donors (Lipinski definition) is 0. The van der Waals surface area contributed by atoms with Gasteiger partial charge in [0.1, 0.15) is 12.3 Å². The number of benzene rings is 1. The number of hydrogen-bond acceptors (Lipinski definition) is 3. The van der Waals surface area contributed by atoms with Crippen LogP contribution in [-0.2, 0) is 9.59 Å². The quantitative estimate of drug-likeness (QED) is 0.671. The van der Waals surface area contributed by atoms with E-state index < -0.39 is 24.5 Å². The molecule has 0 unspecified atom stereocenters. The van der Waals surface area contributed by atoms with Gasteiger partial charge in [-0.25, -0.2) is 0 Å². The van der Waals surface area contributed by atoms with Gasteiger partial charge < -0.3 is 14.5 Å². The lowest BCUT2D eigenvalue weighted by molar-refractivity contribution is -0.165. The number of para-hydroxylation sites is 1. The fraction of sp³-hybridized carbons (Fsp3) is 0.600. The van der Waals surface area contributed by atoms with Crippen molar-refractivity contribution in [2.45, 2.75) is 38.8 Å². The minimum atomic E-state index is -4.41. The Morgan fingerprint density at radius 3 is 2.39 bits per heavy atom. The van der Waals surface area contributed by atoms with Crippen LogP contribution in [0.15, 0.2) is 30.3 Å². The monoisotopic (exact) mass is 400 g/mol. The van der Waals surface area contributed by atoms with Gasteiger partial charge in [-0.05, 0) is 31.4 Å². The first-order chi connectivity index (χ1) is 13.3. The number of amides is 2. The summed E-state index contributed by atoms with van der Waals surface area (Å²) < 4.78 is 43.8. The number of piperidine rings is 1. The maximum atomic E-state index is 12.8. The van der Waals surface area contributed by atoms with E-state index in [1.54, 1.807) is 17.0 Å². The first kappa shape index (κ1) is 22.0. The molecule has 1 heterocycles. The summed E-state index contributed by atoms with van der Waals surface area (Å²) in [6, 6.07) is 8.97. The third-order valence-corrected chi connectivity index (χ3v) is 4.77. The molecule has 1 aliphatic heterocycles. The van der Waals surface area contributed by atoms with Gasteiger partial charge in [-0.2, -0.15) is 13.2 Å². The summed E-state index contributed by atoms with van der Waals surface area (Å²) in [6.45, 7) is 1.37. The van der Waals surface area contributed by atoms with Crippen molar-refractivity contribution in [3.05, 3.63) is 30.3 Å². The van der Waals surface area contributed by atoms with E-state index in [1.165, 1.54) is 0 Å². The number of halogens is 3. The van der Waals surface area contributed by atoms with Gasteiger partial charge >= 0.3 is 6.18 Å². The molecule has 0 aromatic heterocycles. The number of carbonyl (C=O) groups is 2. The number of alkyl halides is 3. The maximum absolute atomic E-state index is 12.8. The molecule has 0 bridgehead atoms. The van der Waals surface area contributed by atoms with Crippen molar-refractivity contribution in [2.24, 2.45) is 5.92 Å². The summed E-state index contributed by atoms with van der Waals surface area (Å²) in [5.41, 5.74) is 0. The molecule has 0 atom stereocenters. The van der Waals surface area contributed by atoms with Gasteiger partial charge in [0.2, 0.25) is 5.91 Å². The molecular formula is C20H27F3N2O3. The van der Waals surface area contributed by atoms with Crippen LogP contribution in [0.3, 0.4) is 0 Å². The van der Waals surface area contributed by atoms with Gasteiger partial charge in [-0.1, -0.05) is 31.5 Å². The first-order valence-electron chi connectivity index (χ1n) is 9.61. The molecule has 0 radical (unpaired) electrons. The predicted octanol–water partition coefficient (Wildman–Crippen LogP) is 3.50. The lowest BCUT2D eigenvalue weighted by Crippen LogP contribution is -2.47. The van der Waals surface area contributed by atoms with Crippen molar-refractivity contribution in [1.82, 2.24) is 9.80 Å². The van der Waals surface area contributed by atoms with E-state index in [0.717, 1.165) is 11.3 Å². The van der Waals surface area contributed by atoms with Crippen LogP contribution < -0.4 is 4.74 Å². The number of ether oxygens (including phenoxy) is 1. The van der Waals surface area contributed by atoms with Gasteiger partial charge in [0, 0.05) is 25.6 Å². The van der Waals surface area contributed by atoms with E-state index in [4.69, 9.17) is 4.74 Å². The molecule has 0 aliphatic carbocycles. The second-order valence-electron chi connectivity index (χ2n) is 6.99. The molecular weight excluding hydrogens is 373 g/mol. The summed E-state index contributed by atoms with van der Waals surface area (Å²) in [6.07, 6.45) is -2.41. The van der Waals surface area contributed by atoms with Gasteiger partial charge in [0.15, 0.2) is 6.61 Å². The fourth-order valence-electron chi connectivity index (χ4n) is 3.22. The molecule has 1 aliphatic rings. The number of unbranched alkanes of at least 4 members (excludes halogenated alkanes) is 1. The molecule has 0 saturated carbocycles. The average molecular weight is 400 g/mol. The second kappa shape index (κ2) is 10.3. The maximum Gasteiger partial charge on any atom is 0.406 e. The van der Waals surface area contributed by atoms with Crippen LogP contribution in [0, 0.1) is 5.92 Å². The van der Waals surface area contributed by atoms with Crippen LogP contribution in [-0.4, -0.2) is 60.6 Å². The van der Waals surface area contributed by atoms with Crippen LogP contribution >= 0.6 is 0 Å². The first-order valence-corrected chi connectivity index (χ1v) is 9.61. The second-order valence-corrected chi connectivity index (χ2v) is 6.99. The van der Waals surface area contributed by atoms with Crippen molar-refractivity contribution >= 4 is 11.8 Å². The molecule has 28 heavy (non-hydrogen) atoms. The molecule has 8 heteroatoms. The zero-order valence-electron chi connectivity index (χ0n) is 16.1. The minimum Gasteiger partial charge on any atom is -0.484 e. The predicted molar refractivity (Wildman–Crippen MR) is 98.8 cm³/mol. The third kappa shape index (κ3) is 7.05. The topological polar surface area (TPSA) is 49.9 Å². The van der Waals surface area contributed by atoms with Crippen LogP contribution in [0.5, 0.6) is 5.75 Å².